The summed E-state index contributed by atoms with van der Waals surface area (Å²) in [5, 5.41) is 5.68. The van der Waals surface area contributed by atoms with Crippen molar-refractivity contribution in [2.45, 2.75) is 31.6 Å². The Hall–Kier alpha value is -1.63. The quantitative estimate of drug-likeness (QED) is 0.874. The average Bonchev–Trinajstić information content (AvgIpc) is 3.10. The summed E-state index contributed by atoms with van der Waals surface area (Å²) in [5.74, 6) is 1.84. The number of likely N-dealkylation sites (tertiary alicyclic amines) is 1. The number of carbonyl (C=O) groups excluding carboxylic acids is 2. The molecule has 2 heterocycles. The minimum absolute atomic E-state index is 0.195. The number of aromatic nitrogens is 1. The lowest BCUT2D eigenvalue weighted by Crippen LogP contribution is -2.31. The van der Waals surface area contributed by atoms with Gasteiger partial charge in [-0.25, -0.2) is 9.78 Å². The first-order chi connectivity index (χ1) is 10.1. The van der Waals surface area contributed by atoms with Crippen LogP contribution in [0.5, 0.6) is 0 Å². The fourth-order valence-corrected chi connectivity index (χ4v) is 3.59. The molecule has 1 aromatic heterocycles. The van der Waals surface area contributed by atoms with Crippen molar-refractivity contribution >= 4 is 29.1 Å². The van der Waals surface area contributed by atoms with Gasteiger partial charge in [0, 0.05) is 26.6 Å². The van der Waals surface area contributed by atoms with Gasteiger partial charge in [-0.05, 0) is 31.1 Å². The molecule has 1 saturated heterocycles. The molecule has 1 saturated carbocycles. The van der Waals surface area contributed by atoms with Crippen LogP contribution in [0.1, 0.15) is 36.5 Å². The second-order valence-corrected chi connectivity index (χ2v) is 6.74. The van der Waals surface area contributed by atoms with Crippen LogP contribution in [0.15, 0.2) is 5.51 Å². The Kier molecular flexibility index (Phi) is 4.10. The van der Waals surface area contributed by atoms with Gasteiger partial charge in [-0.3, -0.25) is 10.1 Å². The molecule has 1 aliphatic carbocycles. The first-order valence-corrected chi connectivity index (χ1v) is 8.23. The van der Waals surface area contributed by atoms with E-state index in [1.165, 1.54) is 17.7 Å². The summed E-state index contributed by atoms with van der Waals surface area (Å²) in [7, 11) is 1.82. The van der Waals surface area contributed by atoms with E-state index in [-0.39, 0.29) is 11.9 Å². The van der Waals surface area contributed by atoms with E-state index in [1.807, 2.05) is 7.05 Å². The van der Waals surface area contributed by atoms with E-state index in [2.05, 4.69) is 15.6 Å². The number of nitrogens with zero attached hydrogens (tertiary/aromatic N) is 2. The smallest absolute Gasteiger partial charge is 0.320 e. The largest absolute Gasteiger partial charge is 0.345 e. The molecule has 0 radical (unpaired) electrons. The van der Waals surface area contributed by atoms with Gasteiger partial charge in [0.25, 0.3) is 0 Å². The monoisotopic (exact) mass is 308 g/mol. The Morgan fingerprint density at radius 2 is 2.33 bits per heavy atom. The number of anilines is 1. The van der Waals surface area contributed by atoms with Gasteiger partial charge < -0.3 is 10.2 Å². The van der Waals surface area contributed by atoms with Crippen LogP contribution < -0.4 is 10.6 Å². The Balaban J connectivity index is 1.40. The molecule has 3 rings (SSSR count). The molecule has 0 spiro atoms. The van der Waals surface area contributed by atoms with Crippen LogP contribution in [0.2, 0.25) is 0 Å². The van der Waals surface area contributed by atoms with E-state index in [1.54, 1.807) is 21.7 Å². The van der Waals surface area contributed by atoms with Crippen molar-refractivity contribution in [3.63, 3.8) is 0 Å². The zero-order valence-corrected chi connectivity index (χ0v) is 12.9. The number of hydrogen-bond acceptors (Lipinski definition) is 4. The average molecular weight is 308 g/mol. The van der Waals surface area contributed by atoms with E-state index in [0.717, 1.165) is 13.0 Å². The molecule has 6 nitrogen and oxygen atoms in total. The topological polar surface area (TPSA) is 74.3 Å². The van der Waals surface area contributed by atoms with Gasteiger partial charge >= 0.3 is 6.03 Å². The highest BCUT2D eigenvalue weighted by atomic mass is 32.1. The van der Waals surface area contributed by atoms with Crippen molar-refractivity contribution in [2.24, 2.45) is 5.92 Å². The molecular formula is C14H20N4O2S. The van der Waals surface area contributed by atoms with Crippen molar-refractivity contribution in [3.05, 3.63) is 10.4 Å². The minimum atomic E-state index is -0.208. The summed E-state index contributed by atoms with van der Waals surface area (Å²) in [6, 6.07) is -0.208. The zero-order valence-electron chi connectivity index (χ0n) is 12.1. The fraction of sp³-hybridized carbons (Fsp3) is 0.643. The summed E-state index contributed by atoms with van der Waals surface area (Å²) in [4.78, 5) is 30.5. The number of hydrogen-bond donors (Lipinski definition) is 2. The van der Waals surface area contributed by atoms with Crippen LogP contribution >= 0.6 is 11.3 Å². The number of urea groups is 1. The van der Waals surface area contributed by atoms with Crippen molar-refractivity contribution < 1.29 is 9.59 Å². The van der Waals surface area contributed by atoms with Gasteiger partial charge in [0.1, 0.15) is 5.82 Å². The van der Waals surface area contributed by atoms with Gasteiger partial charge in [0.15, 0.2) is 0 Å². The predicted molar refractivity (Wildman–Crippen MR) is 81.5 cm³/mol. The van der Waals surface area contributed by atoms with E-state index in [4.69, 9.17) is 0 Å². The maximum Gasteiger partial charge on any atom is 0.320 e. The molecule has 2 fully saturated rings. The SMILES string of the molecule is CN1CC(CCNC(=O)Nc2ncsc2C2CC2)CC1=O. The summed E-state index contributed by atoms with van der Waals surface area (Å²) in [5.41, 5.74) is 1.78. The third-order valence-corrected chi connectivity index (χ3v) is 5.03. The summed E-state index contributed by atoms with van der Waals surface area (Å²) < 4.78 is 0. The molecule has 1 aromatic rings. The number of rotatable bonds is 5. The molecular weight excluding hydrogens is 288 g/mol. The Labute approximate surface area is 127 Å². The first-order valence-electron chi connectivity index (χ1n) is 7.35. The summed E-state index contributed by atoms with van der Waals surface area (Å²) in [6.45, 7) is 1.38. The molecule has 3 amide bonds. The highest BCUT2D eigenvalue weighted by Crippen LogP contribution is 2.45. The van der Waals surface area contributed by atoms with Gasteiger partial charge in [0.2, 0.25) is 5.91 Å². The first kappa shape index (κ1) is 14.3. The van der Waals surface area contributed by atoms with Crippen molar-refractivity contribution in [3.8, 4) is 0 Å². The van der Waals surface area contributed by atoms with Crippen molar-refractivity contribution in [1.82, 2.24) is 15.2 Å². The second-order valence-electron chi connectivity index (χ2n) is 5.85. The van der Waals surface area contributed by atoms with Gasteiger partial charge in [0.05, 0.1) is 10.4 Å². The molecule has 0 aromatic carbocycles. The number of thiazole rings is 1. The minimum Gasteiger partial charge on any atom is -0.345 e. The van der Waals surface area contributed by atoms with Crippen LogP contribution in [0.25, 0.3) is 0 Å². The fourth-order valence-electron chi connectivity index (χ4n) is 2.68. The molecule has 2 aliphatic rings. The van der Waals surface area contributed by atoms with E-state index < -0.39 is 0 Å². The molecule has 1 aliphatic heterocycles. The Bertz CT molecular complexity index is 541. The summed E-state index contributed by atoms with van der Waals surface area (Å²) >= 11 is 1.61. The maximum atomic E-state index is 11.9. The van der Waals surface area contributed by atoms with Crippen molar-refractivity contribution in [1.29, 1.82) is 0 Å². The Morgan fingerprint density at radius 3 is 3.00 bits per heavy atom. The summed E-state index contributed by atoms with van der Waals surface area (Å²) in [6.07, 6.45) is 3.82. The molecule has 2 N–H and O–H groups in total. The van der Waals surface area contributed by atoms with Gasteiger partial charge in [-0.15, -0.1) is 11.3 Å². The Morgan fingerprint density at radius 1 is 1.52 bits per heavy atom. The van der Waals surface area contributed by atoms with Crippen molar-refractivity contribution in [2.75, 3.05) is 25.5 Å². The highest BCUT2D eigenvalue weighted by Gasteiger charge is 2.29. The molecule has 1 atom stereocenters. The molecule has 21 heavy (non-hydrogen) atoms. The second kappa shape index (κ2) is 6.01. The number of carbonyl (C=O) groups is 2. The van der Waals surface area contributed by atoms with E-state index in [9.17, 15) is 9.59 Å². The lowest BCUT2D eigenvalue weighted by atomic mass is 10.1. The third kappa shape index (κ3) is 3.53. The molecule has 1 unspecified atom stereocenters. The van der Waals surface area contributed by atoms with Crippen LogP contribution in [-0.2, 0) is 4.79 Å². The lowest BCUT2D eigenvalue weighted by molar-refractivity contribution is -0.126. The van der Waals surface area contributed by atoms with Crippen LogP contribution in [0.3, 0.4) is 0 Å². The molecule has 114 valence electrons. The predicted octanol–water partition coefficient (Wildman–Crippen LogP) is 2.01. The third-order valence-electron chi connectivity index (χ3n) is 4.03. The molecule has 7 heteroatoms. The standard InChI is InChI=1S/C14H20N4O2S/c1-18-7-9(6-11(18)19)4-5-15-14(20)17-13-12(10-2-3-10)21-8-16-13/h8-10H,2-7H2,1H3,(H2,15,17,20). The van der Waals surface area contributed by atoms with Crippen LogP contribution in [0.4, 0.5) is 10.6 Å². The van der Waals surface area contributed by atoms with Gasteiger partial charge in [-0.2, -0.15) is 0 Å². The molecule has 0 bridgehead atoms. The van der Waals surface area contributed by atoms with E-state index >= 15 is 0 Å². The number of amides is 3. The normalized spacial score (nSPS) is 21.7. The zero-order chi connectivity index (χ0) is 14.8. The van der Waals surface area contributed by atoms with E-state index in [0.29, 0.717) is 30.6 Å². The maximum absolute atomic E-state index is 11.9. The lowest BCUT2D eigenvalue weighted by Gasteiger charge is -2.11. The van der Waals surface area contributed by atoms with Gasteiger partial charge in [-0.1, -0.05) is 0 Å². The highest BCUT2D eigenvalue weighted by molar-refractivity contribution is 7.10. The van der Waals surface area contributed by atoms with Crippen LogP contribution in [0, 0.1) is 5.92 Å². The van der Waals surface area contributed by atoms with Crippen LogP contribution in [-0.4, -0.2) is 42.0 Å². The number of nitrogens with one attached hydrogen (secondary N) is 2.